The van der Waals surface area contributed by atoms with Crippen LogP contribution in [0, 0.1) is 17.3 Å². The maximum absolute atomic E-state index is 12.3. The maximum Gasteiger partial charge on any atom is 0.319 e. The molecule has 1 rings (SSSR count). The third-order valence-electron chi connectivity index (χ3n) is 3.03. The fourth-order valence-electron chi connectivity index (χ4n) is 2.07. The van der Waals surface area contributed by atoms with Gasteiger partial charge in [-0.3, -0.25) is 9.59 Å². The summed E-state index contributed by atoms with van der Waals surface area (Å²) >= 11 is 0. The third kappa shape index (κ3) is 3.20. The van der Waals surface area contributed by atoms with Gasteiger partial charge in [-0.25, -0.2) is 0 Å². The molecule has 0 aliphatic heterocycles. The molecule has 1 aliphatic carbocycles. The number of hydrogen-bond acceptors (Lipinski definition) is 2. The van der Waals surface area contributed by atoms with Crippen LogP contribution in [0.1, 0.15) is 40.5 Å². The van der Waals surface area contributed by atoms with Crippen molar-refractivity contribution in [1.82, 2.24) is 4.90 Å². The van der Waals surface area contributed by atoms with E-state index in [9.17, 15) is 9.59 Å². The van der Waals surface area contributed by atoms with E-state index in [2.05, 4.69) is 0 Å². The monoisotopic (exact) mass is 241 g/mol. The molecular formula is C13H23NO3. The Balaban J connectivity index is 2.76. The van der Waals surface area contributed by atoms with Crippen molar-refractivity contribution in [2.45, 2.75) is 40.5 Å². The third-order valence-corrected chi connectivity index (χ3v) is 3.03. The van der Waals surface area contributed by atoms with E-state index in [-0.39, 0.29) is 5.91 Å². The molecule has 0 unspecified atom stereocenters. The van der Waals surface area contributed by atoms with Gasteiger partial charge in [0, 0.05) is 13.1 Å². The lowest BCUT2D eigenvalue weighted by Crippen LogP contribution is -2.44. The van der Waals surface area contributed by atoms with Gasteiger partial charge < -0.3 is 10.0 Å². The predicted molar refractivity (Wildman–Crippen MR) is 65.6 cm³/mol. The Bertz CT molecular complexity index is 296. The normalized spacial score (nSPS) is 17.3. The van der Waals surface area contributed by atoms with Crippen LogP contribution in [0.4, 0.5) is 0 Å². The topological polar surface area (TPSA) is 57.6 Å². The average molecular weight is 241 g/mol. The van der Waals surface area contributed by atoms with Gasteiger partial charge in [-0.1, -0.05) is 27.7 Å². The maximum atomic E-state index is 12.3. The molecule has 98 valence electrons. The second-order valence-electron chi connectivity index (χ2n) is 5.89. The lowest BCUT2D eigenvalue weighted by atomic mass is 10.0. The van der Waals surface area contributed by atoms with Crippen LogP contribution >= 0.6 is 0 Å². The molecule has 0 aromatic heterocycles. The van der Waals surface area contributed by atoms with Gasteiger partial charge in [0.05, 0.1) is 0 Å². The molecule has 4 heteroatoms. The van der Waals surface area contributed by atoms with Crippen molar-refractivity contribution in [1.29, 1.82) is 0 Å². The molecule has 0 radical (unpaired) electrons. The highest BCUT2D eigenvalue weighted by Crippen LogP contribution is 2.47. The van der Waals surface area contributed by atoms with E-state index in [1.165, 1.54) is 0 Å². The molecule has 0 heterocycles. The van der Waals surface area contributed by atoms with Crippen LogP contribution < -0.4 is 0 Å². The first-order valence-corrected chi connectivity index (χ1v) is 6.32. The molecule has 1 saturated carbocycles. The second kappa shape index (κ2) is 5.07. The Morgan fingerprint density at radius 2 is 1.53 bits per heavy atom. The van der Waals surface area contributed by atoms with E-state index < -0.39 is 11.4 Å². The zero-order valence-electron chi connectivity index (χ0n) is 11.2. The van der Waals surface area contributed by atoms with Crippen molar-refractivity contribution >= 4 is 11.9 Å². The average Bonchev–Trinajstić information content (AvgIpc) is 2.94. The zero-order chi connectivity index (χ0) is 13.2. The van der Waals surface area contributed by atoms with Gasteiger partial charge in [-0.15, -0.1) is 0 Å². The molecule has 1 aliphatic rings. The number of carbonyl (C=O) groups excluding carboxylic acids is 1. The summed E-state index contributed by atoms with van der Waals surface area (Å²) < 4.78 is 0. The molecule has 0 aromatic rings. The van der Waals surface area contributed by atoms with E-state index in [0.717, 1.165) is 0 Å². The molecule has 0 spiro atoms. The minimum atomic E-state index is -1.09. The Labute approximate surface area is 103 Å². The molecule has 1 fully saturated rings. The molecule has 0 atom stereocenters. The highest BCUT2D eigenvalue weighted by Gasteiger charge is 2.58. The minimum absolute atomic E-state index is 0.188. The van der Waals surface area contributed by atoms with Crippen molar-refractivity contribution < 1.29 is 14.7 Å². The van der Waals surface area contributed by atoms with Crippen LogP contribution in [0.5, 0.6) is 0 Å². The zero-order valence-corrected chi connectivity index (χ0v) is 11.2. The van der Waals surface area contributed by atoms with Crippen molar-refractivity contribution in [3.63, 3.8) is 0 Å². The SMILES string of the molecule is CC(C)CN(CC(C)C)C(=O)C1(C(=O)O)CC1. The molecule has 4 nitrogen and oxygen atoms in total. The van der Waals surface area contributed by atoms with Crippen LogP contribution in [-0.4, -0.2) is 35.0 Å². The fourth-order valence-corrected chi connectivity index (χ4v) is 2.07. The molecule has 0 aromatic carbocycles. The molecular weight excluding hydrogens is 218 g/mol. The Morgan fingerprint density at radius 3 is 1.76 bits per heavy atom. The summed E-state index contributed by atoms with van der Waals surface area (Å²) in [5.74, 6) is -0.419. The fraction of sp³-hybridized carbons (Fsp3) is 0.846. The number of amides is 1. The standard InChI is InChI=1S/C13H23NO3/c1-9(2)7-14(8-10(3)4)11(15)13(5-6-13)12(16)17/h9-10H,5-8H2,1-4H3,(H,16,17). The Kier molecular flexibility index (Phi) is 4.17. The van der Waals surface area contributed by atoms with Crippen LogP contribution in [-0.2, 0) is 9.59 Å². The van der Waals surface area contributed by atoms with Gasteiger partial charge in [0.1, 0.15) is 5.41 Å². The van der Waals surface area contributed by atoms with Crippen LogP contribution in [0.25, 0.3) is 0 Å². The number of carbonyl (C=O) groups is 2. The molecule has 1 amide bonds. The van der Waals surface area contributed by atoms with Crippen molar-refractivity contribution in [2.24, 2.45) is 17.3 Å². The van der Waals surface area contributed by atoms with Crippen molar-refractivity contribution in [3.05, 3.63) is 0 Å². The largest absolute Gasteiger partial charge is 0.480 e. The minimum Gasteiger partial charge on any atom is -0.480 e. The highest BCUT2D eigenvalue weighted by atomic mass is 16.4. The number of rotatable bonds is 6. The lowest BCUT2D eigenvalue weighted by Gasteiger charge is -2.28. The van der Waals surface area contributed by atoms with E-state index >= 15 is 0 Å². The van der Waals surface area contributed by atoms with Crippen LogP contribution in [0.3, 0.4) is 0 Å². The summed E-state index contributed by atoms with van der Waals surface area (Å²) in [6.45, 7) is 9.46. The van der Waals surface area contributed by atoms with Gasteiger partial charge in [0.25, 0.3) is 0 Å². The smallest absolute Gasteiger partial charge is 0.319 e. The summed E-state index contributed by atoms with van der Waals surface area (Å²) in [5, 5.41) is 9.14. The van der Waals surface area contributed by atoms with Gasteiger partial charge in [0.15, 0.2) is 0 Å². The van der Waals surface area contributed by atoms with Gasteiger partial charge in [0.2, 0.25) is 5.91 Å². The number of carboxylic acids is 1. The number of nitrogens with zero attached hydrogens (tertiary/aromatic N) is 1. The second-order valence-corrected chi connectivity index (χ2v) is 5.89. The molecule has 0 saturated heterocycles. The first-order valence-electron chi connectivity index (χ1n) is 6.32. The summed E-state index contributed by atoms with van der Waals surface area (Å²) in [6.07, 6.45) is 0.988. The first-order chi connectivity index (χ1) is 7.79. The first kappa shape index (κ1) is 14.0. The molecule has 1 N–H and O–H groups in total. The van der Waals surface area contributed by atoms with Crippen LogP contribution in [0.2, 0.25) is 0 Å². The molecule has 0 bridgehead atoms. The number of hydrogen-bond donors (Lipinski definition) is 1. The van der Waals surface area contributed by atoms with E-state index in [1.807, 2.05) is 27.7 Å². The Morgan fingerprint density at radius 1 is 1.12 bits per heavy atom. The highest BCUT2D eigenvalue weighted by molar-refractivity contribution is 6.04. The summed E-state index contributed by atoms with van der Waals surface area (Å²) in [6, 6.07) is 0. The van der Waals surface area contributed by atoms with Gasteiger partial charge in [-0.2, -0.15) is 0 Å². The summed E-state index contributed by atoms with van der Waals surface area (Å²) in [7, 11) is 0. The van der Waals surface area contributed by atoms with E-state index in [0.29, 0.717) is 37.8 Å². The Hall–Kier alpha value is -1.06. The summed E-state index contributed by atoms with van der Waals surface area (Å²) in [5.41, 5.74) is -1.09. The van der Waals surface area contributed by atoms with Crippen molar-refractivity contribution in [3.8, 4) is 0 Å². The lowest BCUT2D eigenvalue weighted by molar-refractivity contribution is -0.154. The number of aliphatic carboxylic acids is 1. The van der Waals surface area contributed by atoms with Gasteiger partial charge in [-0.05, 0) is 24.7 Å². The van der Waals surface area contributed by atoms with E-state index in [4.69, 9.17) is 5.11 Å². The summed E-state index contributed by atoms with van der Waals surface area (Å²) in [4.78, 5) is 25.2. The predicted octanol–water partition coefficient (Wildman–Crippen LogP) is 1.99. The quantitative estimate of drug-likeness (QED) is 0.723. The van der Waals surface area contributed by atoms with Crippen LogP contribution in [0.15, 0.2) is 0 Å². The van der Waals surface area contributed by atoms with Gasteiger partial charge >= 0.3 is 5.97 Å². The van der Waals surface area contributed by atoms with E-state index in [1.54, 1.807) is 4.90 Å². The molecule has 17 heavy (non-hydrogen) atoms. The van der Waals surface area contributed by atoms with Crippen molar-refractivity contribution in [2.75, 3.05) is 13.1 Å². The number of carboxylic acid groups (broad SMARTS) is 1.